The van der Waals surface area contributed by atoms with Crippen LogP contribution in [0.2, 0.25) is 0 Å². The number of hydrogen-bond acceptors (Lipinski definition) is 3. The van der Waals surface area contributed by atoms with Crippen LogP contribution in [0.1, 0.15) is 24.2 Å². The molecule has 20 heavy (non-hydrogen) atoms. The largest absolute Gasteiger partial charge is 0.478 e. The maximum absolute atomic E-state index is 11.7. The third kappa shape index (κ3) is 2.52. The molecule has 0 fully saturated rings. The third-order valence-electron chi connectivity index (χ3n) is 3.32. The van der Waals surface area contributed by atoms with Crippen molar-refractivity contribution in [3.8, 4) is 0 Å². The number of benzene rings is 1. The van der Waals surface area contributed by atoms with E-state index < -0.39 is 11.4 Å². The van der Waals surface area contributed by atoms with E-state index in [1.807, 2.05) is 30.7 Å². The molecule has 0 amide bonds. The first-order valence-corrected chi connectivity index (χ1v) is 6.26. The smallest absolute Gasteiger partial charge is 0.335 e. The molecule has 1 aromatic carbocycles. The molecule has 2 rings (SSSR count). The number of carbonyl (C=O) groups excluding carboxylic acids is 1. The standard InChI is InChI=1S/C15H17NO4/c1-15(2,14(19)20-3)9-16-7-6-10-8-11(13(17)18)4-5-12(10)16/h4-8H,9H2,1-3H3,(H,17,18). The van der Waals surface area contributed by atoms with E-state index in [9.17, 15) is 9.59 Å². The lowest BCUT2D eigenvalue weighted by molar-refractivity contribution is -0.151. The average Bonchev–Trinajstić information content (AvgIpc) is 2.79. The summed E-state index contributed by atoms with van der Waals surface area (Å²) in [5.74, 6) is -1.23. The molecule has 0 radical (unpaired) electrons. The van der Waals surface area contributed by atoms with Gasteiger partial charge in [0, 0.05) is 23.6 Å². The molecular formula is C15H17NO4. The van der Waals surface area contributed by atoms with Crippen molar-refractivity contribution in [1.29, 1.82) is 0 Å². The molecule has 1 aromatic heterocycles. The van der Waals surface area contributed by atoms with Gasteiger partial charge in [-0.05, 0) is 38.1 Å². The van der Waals surface area contributed by atoms with Gasteiger partial charge in [-0.3, -0.25) is 4.79 Å². The first kappa shape index (κ1) is 14.1. The second-order valence-corrected chi connectivity index (χ2v) is 5.40. The zero-order valence-electron chi connectivity index (χ0n) is 11.7. The highest BCUT2D eigenvalue weighted by atomic mass is 16.5. The fraction of sp³-hybridized carbons (Fsp3) is 0.333. The predicted octanol–water partition coefficient (Wildman–Crippen LogP) is 2.54. The molecule has 0 unspecified atom stereocenters. The number of fused-ring (bicyclic) bond motifs is 1. The summed E-state index contributed by atoms with van der Waals surface area (Å²) in [6, 6.07) is 6.78. The Hall–Kier alpha value is -2.30. The minimum atomic E-state index is -0.949. The molecule has 0 spiro atoms. The van der Waals surface area contributed by atoms with Crippen molar-refractivity contribution in [3.05, 3.63) is 36.0 Å². The Morgan fingerprint density at radius 3 is 2.60 bits per heavy atom. The maximum atomic E-state index is 11.7. The Labute approximate surface area is 116 Å². The van der Waals surface area contributed by atoms with E-state index in [-0.39, 0.29) is 11.5 Å². The molecule has 0 saturated heterocycles. The van der Waals surface area contributed by atoms with Crippen LogP contribution >= 0.6 is 0 Å². The van der Waals surface area contributed by atoms with E-state index in [4.69, 9.17) is 9.84 Å². The van der Waals surface area contributed by atoms with Gasteiger partial charge >= 0.3 is 11.9 Å². The number of ether oxygens (including phenoxy) is 1. The number of rotatable bonds is 4. The van der Waals surface area contributed by atoms with Crippen LogP contribution in [0.5, 0.6) is 0 Å². The van der Waals surface area contributed by atoms with Gasteiger partial charge < -0.3 is 14.4 Å². The summed E-state index contributed by atoms with van der Waals surface area (Å²) in [7, 11) is 1.37. The van der Waals surface area contributed by atoms with Gasteiger partial charge in [0.2, 0.25) is 0 Å². The van der Waals surface area contributed by atoms with Crippen molar-refractivity contribution in [3.63, 3.8) is 0 Å². The van der Waals surface area contributed by atoms with Crippen LogP contribution < -0.4 is 0 Å². The lowest BCUT2D eigenvalue weighted by atomic mass is 9.93. The van der Waals surface area contributed by atoms with E-state index in [0.717, 1.165) is 10.9 Å². The summed E-state index contributed by atoms with van der Waals surface area (Å²) < 4.78 is 6.72. The van der Waals surface area contributed by atoms with E-state index in [0.29, 0.717) is 6.54 Å². The summed E-state index contributed by atoms with van der Waals surface area (Å²) in [5.41, 5.74) is 0.501. The molecule has 2 aromatic rings. The van der Waals surface area contributed by atoms with Gasteiger partial charge in [-0.1, -0.05) is 0 Å². The monoisotopic (exact) mass is 275 g/mol. The highest BCUT2D eigenvalue weighted by Crippen LogP contribution is 2.25. The minimum absolute atomic E-state index is 0.252. The Bertz CT molecular complexity index is 670. The van der Waals surface area contributed by atoms with Crippen LogP contribution in [-0.4, -0.2) is 28.7 Å². The van der Waals surface area contributed by atoms with E-state index in [2.05, 4.69) is 0 Å². The number of methoxy groups -OCH3 is 1. The molecule has 106 valence electrons. The van der Waals surface area contributed by atoms with Gasteiger partial charge in [0.25, 0.3) is 0 Å². The van der Waals surface area contributed by atoms with Crippen LogP contribution in [-0.2, 0) is 16.1 Å². The fourth-order valence-corrected chi connectivity index (χ4v) is 2.24. The van der Waals surface area contributed by atoms with Crippen LogP contribution in [0, 0.1) is 5.41 Å². The molecule has 5 nitrogen and oxygen atoms in total. The average molecular weight is 275 g/mol. The van der Waals surface area contributed by atoms with Crippen LogP contribution in [0.15, 0.2) is 30.5 Å². The molecular weight excluding hydrogens is 258 g/mol. The Morgan fingerprint density at radius 1 is 1.30 bits per heavy atom. The SMILES string of the molecule is COC(=O)C(C)(C)Cn1ccc2cc(C(=O)O)ccc21. The predicted molar refractivity (Wildman–Crippen MR) is 74.7 cm³/mol. The number of carboxylic acids is 1. The first-order valence-electron chi connectivity index (χ1n) is 6.26. The van der Waals surface area contributed by atoms with Gasteiger partial charge in [-0.25, -0.2) is 4.79 Å². The molecule has 0 aliphatic carbocycles. The van der Waals surface area contributed by atoms with Gasteiger partial charge in [0.1, 0.15) is 0 Å². The number of hydrogen-bond donors (Lipinski definition) is 1. The summed E-state index contributed by atoms with van der Waals surface area (Å²) in [6.07, 6.45) is 1.85. The summed E-state index contributed by atoms with van der Waals surface area (Å²) in [4.78, 5) is 22.7. The summed E-state index contributed by atoms with van der Waals surface area (Å²) in [6.45, 7) is 4.10. The molecule has 5 heteroatoms. The molecule has 0 bridgehead atoms. The lowest BCUT2D eigenvalue weighted by Gasteiger charge is -2.22. The minimum Gasteiger partial charge on any atom is -0.478 e. The lowest BCUT2D eigenvalue weighted by Crippen LogP contribution is -2.30. The second kappa shape index (κ2) is 5.00. The zero-order valence-corrected chi connectivity index (χ0v) is 11.7. The van der Waals surface area contributed by atoms with Crippen molar-refractivity contribution in [2.45, 2.75) is 20.4 Å². The summed E-state index contributed by atoms with van der Waals surface area (Å²) >= 11 is 0. The van der Waals surface area contributed by atoms with Gasteiger partial charge in [-0.2, -0.15) is 0 Å². The first-order chi connectivity index (χ1) is 9.35. The molecule has 1 N–H and O–H groups in total. The number of nitrogens with zero attached hydrogens (tertiary/aromatic N) is 1. The zero-order chi connectivity index (χ0) is 14.9. The number of aromatic nitrogens is 1. The van der Waals surface area contributed by atoms with Crippen LogP contribution in [0.25, 0.3) is 10.9 Å². The van der Waals surface area contributed by atoms with Crippen LogP contribution in [0.3, 0.4) is 0 Å². The Kier molecular flexibility index (Phi) is 3.53. The van der Waals surface area contributed by atoms with Crippen molar-refractivity contribution in [2.24, 2.45) is 5.41 Å². The Morgan fingerprint density at radius 2 is 2.00 bits per heavy atom. The number of esters is 1. The van der Waals surface area contributed by atoms with Gasteiger partial charge in [-0.15, -0.1) is 0 Å². The Balaban J connectivity index is 2.37. The van der Waals surface area contributed by atoms with E-state index in [1.54, 1.807) is 18.2 Å². The number of carbonyl (C=O) groups is 2. The highest BCUT2D eigenvalue weighted by Gasteiger charge is 2.29. The number of aromatic carboxylic acids is 1. The van der Waals surface area contributed by atoms with Crippen molar-refractivity contribution >= 4 is 22.8 Å². The van der Waals surface area contributed by atoms with E-state index >= 15 is 0 Å². The van der Waals surface area contributed by atoms with E-state index in [1.165, 1.54) is 7.11 Å². The van der Waals surface area contributed by atoms with Crippen molar-refractivity contribution in [2.75, 3.05) is 7.11 Å². The summed E-state index contributed by atoms with van der Waals surface area (Å²) in [5, 5.41) is 9.81. The maximum Gasteiger partial charge on any atom is 0.335 e. The fourth-order valence-electron chi connectivity index (χ4n) is 2.24. The normalized spacial score (nSPS) is 11.6. The topological polar surface area (TPSA) is 68.5 Å². The number of carboxylic acid groups (broad SMARTS) is 1. The second-order valence-electron chi connectivity index (χ2n) is 5.40. The quantitative estimate of drug-likeness (QED) is 0.871. The molecule has 0 atom stereocenters. The molecule has 0 aliphatic rings. The van der Waals surface area contributed by atoms with Crippen LogP contribution in [0.4, 0.5) is 0 Å². The third-order valence-corrected chi connectivity index (χ3v) is 3.32. The van der Waals surface area contributed by atoms with Gasteiger partial charge in [0.05, 0.1) is 18.1 Å². The molecule has 0 saturated carbocycles. The van der Waals surface area contributed by atoms with Crippen molar-refractivity contribution in [1.82, 2.24) is 4.57 Å². The van der Waals surface area contributed by atoms with Gasteiger partial charge in [0.15, 0.2) is 0 Å². The highest BCUT2D eigenvalue weighted by molar-refractivity contribution is 5.93. The molecule has 0 aliphatic heterocycles. The molecule has 1 heterocycles. The van der Waals surface area contributed by atoms with Crippen molar-refractivity contribution < 1.29 is 19.4 Å².